The normalized spacial score (nSPS) is 19.2. The van der Waals surface area contributed by atoms with Gasteiger partial charge in [0.2, 0.25) is 0 Å². The van der Waals surface area contributed by atoms with Gasteiger partial charge in [-0.25, -0.2) is 4.68 Å². The van der Waals surface area contributed by atoms with Gasteiger partial charge in [-0.2, -0.15) is 5.10 Å². The van der Waals surface area contributed by atoms with Crippen molar-refractivity contribution in [2.45, 2.75) is 19.6 Å². The van der Waals surface area contributed by atoms with Crippen LogP contribution in [0.25, 0.3) is 5.69 Å². The van der Waals surface area contributed by atoms with Crippen molar-refractivity contribution in [1.29, 1.82) is 0 Å². The van der Waals surface area contributed by atoms with Crippen LogP contribution in [0.3, 0.4) is 0 Å². The summed E-state index contributed by atoms with van der Waals surface area (Å²) in [5.41, 5.74) is 2.97. The van der Waals surface area contributed by atoms with Crippen LogP contribution < -0.4 is 5.32 Å². The minimum Gasteiger partial charge on any atom is -0.374 e. The molecule has 1 fully saturated rings. The summed E-state index contributed by atoms with van der Waals surface area (Å²) < 4.78 is 7.55. The Morgan fingerprint density at radius 2 is 2.13 bits per heavy atom. The van der Waals surface area contributed by atoms with Gasteiger partial charge in [-0.05, 0) is 26.1 Å². The summed E-state index contributed by atoms with van der Waals surface area (Å²) in [6.45, 7) is 6.27. The van der Waals surface area contributed by atoms with Gasteiger partial charge in [0.25, 0.3) is 0 Å². The van der Waals surface area contributed by atoms with Crippen molar-refractivity contribution in [1.82, 2.24) is 20.0 Å². The molecule has 0 unspecified atom stereocenters. The van der Waals surface area contributed by atoms with E-state index in [2.05, 4.69) is 22.4 Å². The number of nitrogens with zero attached hydrogens (tertiary/aromatic N) is 3. The highest BCUT2D eigenvalue weighted by Gasteiger charge is 2.18. The number of benzene rings is 1. The van der Waals surface area contributed by atoms with Crippen molar-refractivity contribution >= 4 is 11.6 Å². The number of hydrogen-bond donors (Lipinski definition) is 1. The van der Waals surface area contributed by atoms with E-state index < -0.39 is 0 Å². The number of aryl methyl sites for hydroxylation is 1. The number of likely N-dealkylation sites (N-methyl/N-ethyl adjacent to an activating group) is 1. The molecule has 1 atom stereocenters. The molecule has 1 aromatic heterocycles. The lowest BCUT2D eigenvalue weighted by atomic mass is 10.2. The predicted octanol–water partition coefficient (Wildman–Crippen LogP) is 2.25. The Balaban J connectivity index is 1.63. The Hall–Kier alpha value is -1.40. The molecule has 6 heteroatoms. The molecule has 1 aromatic carbocycles. The van der Waals surface area contributed by atoms with Gasteiger partial charge in [-0.15, -0.1) is 0 Å². The minimum absolute atomic E-state index is 0.233. The zero-order valence-electron chi connectivity index (χ0n) is 13.6. The third kappa shape index (κ3) is 3.93. The van der Waals surface area contributed by atoms with Gasteiger partial charge in [0.05, 0.1) is 24.1 Å². The van der Waals surface area contributed by atoms with E-state index in [-0.39, 0.29) is 6.10 Å². The summed E-state index contributed by atoms with van der Waals surface area (Å²) in [4.78, 5) is 2.29. The number of halogens is 1. The number of morpholine rings is 1. The van der Waals surface area contributed by atoms with E-state index in [4.69, 9.17) is 16.3 Å². The zero-order valence-corrected chi connectivity index (χ0v) is 14.4. The largest absolute Gasteiger partial charge is 0.374 e. The van der Waals surface area contributed by atoms with E-state index in [1.54, 1.807) is 4.68 Å². The van der Waals surface area contributed by atoms with Crippen LogP contribution in [-0.4, -0.2) is 54.1 Å². The monoisotopic (exact) mass is 334 g/mol. The molecule has 1 aliphatic rings. The molecule has 2 aromatic rings. The van der Waals surface area contributed by atoms with Crippen molar-refractivity contribution in [3.63, 3.8) is 0 Å². The van der Waals surface area contributed by atoms with Crippen LogP contribution in [-0.2, 0) is 11.3 Å². The van der Waals surface area contributed by atoms with Crippen molar-refractivity contribution in [3.05, 3.63) is 46.7 Å². The Morgan fingerprint density at radius 1 is 1.35 bits per heavy atom. The van der Waals surface area contributed by atoms with Crippen molar-refractivity contribution in [3.8, 4) is 5.69 Å². The second-order valence-corrected chi connectivity index (χ2v) is 6.35. The molecule has 0 aliphatic carbocycles. The number of nitrogens with one attached hydrogen (secondary N) is 1. The maximum Gasteiger partial charge on any atom is 0.137 e. The fraction of sp³-hybridized carbons (Fsp3) is 0.471. The first-order valence-corrected chi connectivity index (χ1v) is 8.33. The van der Waals surface area contributed by atoms with Crippen molar-refractivity contribution in [2.75, 3.05) is 33.3 Å². The van der Waals surface area contributed by atoms with Crippen LogP contribution in [0.1, 0.15) is 11.3 Å². The van der Waals surface area contributed by atoms with Crippen LogP contribution in [0.2, 0.25) is 5.15 Å². The Kier molecular flexibility index (Phi) is 5.33. The highest BCUT2D eigenvalue weighted by atomic mass is 35.5. The number of ether oxygens (including phenoxy) is 1. The zero-order chi connectivity index (χ0) is 16.2. The van der Waals surface area contributed by atoms with Crippen LogP contribution in [0.15, 0.2) is 30.3 Å². The first-order chi connectivity index (χ1) is 11.1. The van der Waals surface area contributed by atoms with E-state index in [0.29, 0.717) is 11.7 Å². The number of hydrogen-bond acceptors (Lipinski definition) is 4. The fourth-order valence-electron chi connectivity index (χ4n) is 2.82. The Labute approximate surface area is 142 Å². The molecule has 1 saturated heterocycles. The lowest BCUT2D eigenvalue weighted by Gasteiger charge is -2.30. The van der Waals surface area contributed by atoms with Gasteiger partial charge in [-0.1, -0.05) is 29.8 Å². The standard InChI is InChI=1S/C17H23ClN4O/c1-13-16(11-19-10-15-12-21(2)8-9-23-15)17(18)22(20-13)14-6-4-3-5-7-14/h3-7,15,19H,8-12H2,1-2H3/t15-/m1/s1. The topological polar surface area (TPSA) is 42.3 Å². The van der Waals surface area contributed by atoms with Crippen LogP contribution >= 0.6 is 11.6 Å². The molecule has 23 heavy (non-hydrogen) atoms. The minimum atomic E-state index is 0.233. The predicted molar refractivity (Wildman–Crippen MR) is 92.3 cm³/mol. The molecule has 0 saturated carbocycles. The molecule has 0 spiro atoms. The van der Waals surface area contributed by atoms with Crippen LogP contribution in [0, 0.1) is 6.92 Å². The van der Waals surface area contributed by atoms with Gasteiger partial charge in [-0.3, -0.25) is 0 Å². The molecule has 5 nitrogen and oxygen atoms in total. The molecule has 1 N–H and O–H groups in total. The van der Waals surface area contributed by atoms with E-state index in [1.807, 2.05) is 37.3 Å². The second kappa shape index (κ2) is 7.45. The molecular weight excluding hydrogens is 312 g/mol. The molecule has 0 amide bonds. The van der Waals surface area contributed by atoms with Crippen LogP contribution in [0.4, 0.5) is 0 Å². The smallest absolute Gasteiger partial charge is 0.137 e. The molecule has 124 valence electrons. The maximum atomic E-state index is 6.53. The molecule has 0 radical (unpaired) electrons. The van der Waals surface area contributed by atoms with Gasteiger partial charge in [0.1, 0.15) is 5.15 Å². The summed E-state index contributed by atoms with van der Waals surface area (Å²) in [5, 5.41) is 8.68. The molecule has 0 bridgehead atoms. The maximum absolute atomic E-state index is 6.53. The van der Waals surface area contributed by atoms with Crippen LogP contribution in [0.5, 0.6) is 0 Å². The lowest BCUT2D eigenvalue weighted by Crippen LogP contribution is -2.44. The van der Waals surface area contributed by atoms with Gasteiger partial charge in [0, 0.05) is 31.7 Å². The summed E-state index contributed by atoms with van der Waals surface area (Å²) in [5.74, 6) is 0. The van der Waals surface area contributed by atoms with Crippen molar-refractivity contribution in [2.24, 2.45) is 0 Å². The van der Waals surface area contributed by atoms with Gasteiger partial charge < -0.3 is 15.0 Å². The fourth-order valence-corrected chi connectivity index (χ4v) is 3.16. The van der Waals surface area contributed by atoms with E-state index >= 15 is 0 Å². The number of aromatic nitrogens is 2. The third-order valence-electron chi connectivity index (χ3n) is 4.14. The average Bonchev–Trinajstić information content (AvgIpc) is 2.84. The summed E-state index contributed by atoms with van der Waals surface area (Å²) in [6, 6.07) is 9.95. The number of para-hydroxylation sites is 1. The second-order valence-electron chi connectivity index (χ2n) is 5.99. The highest BCUT2D eigenvalue weighted by Crippen LogP contribution is 2.23. The first kappa shape index (κ1) is 16.5. The summed E-state index contributed by atoms with van der Waals surface area (Å²) >= 11 is 6.53. The molecule has 2 heterocycles. The Morgan fingerprint density at radius 3 is 2.87 bits per heavy atom. The highest BCUT2D eigenvalue weighted by molar-refractivity contribution is 6.30. The van der Waals surface area contributed by atoms with E-state index in [0.717, 1.165) is 43.2 Å². The van der Waals surface area contributed by atoms with Gasteiger partial charge in [0.15, 0.2) is 0 Å². The third-order valence-corrected chi connectivity index (χ3v) is 4.53. The van der Waals surface area contributed by atoms with Crippen molar-refractivity contribution < 1.29 is 4.74 Å². The van der Waals surface area contributed by atoms with E-state index in [9.17, 15) is 0 Å². The average molecular weight is 335 g/mol. The molecular formula is C17H23ClN4O. The van der Waals surface area contributed by atoms with Gasteiger partial charge >= 0.3 is 0 Å². The molecule has 3 rings (SSSR count). The Bertz CT molecular complexity index is 644. The van der Waals surface area contributed by atoms with E-state index in [1.165, 1.54) is 0 Å². The lowest BCUT2D eigenvalue weighted by molar-refractivity contribution is -0.0182. The first-order valence-electron chi connectivity index (χ1n) is 7.95. The molecule has 1 aliphatic heterocycles. The summed E-state index contributed by atoms with van der Waals surface area (Å²) in [6.07, 6.45) is 0.233. The summed E-state index contributed by atoms with van der Waals surface area (Å²) in [7, 11) is 2.13. The quantitative estimate of drug-likeness (QED) is 0.910. The number of rotatable bonds is 5. The SMILES string of the molecule is Cc1nn(-c2ccccc2)c(Cl)c1CNC[C@@H]1CN(C)CCO1.